The topological polar surface area (TPSA) is 41.5 Å². The second kappa shape index (κ2) is 5.19. The first-order chi connectivity index (χ1) is 7.11. The Morgan fingerprint density at radius 1 is 1.60 bits per heavy atom. The minimum Gasteiger partial charge on any atom is -0.504 e. The van der Waals surface area contributed by atoms with Crippen LogP contribution in [0.3, 0.4) is 0 Å². The van der Waals surface area contributed by atoms with Crippen molar-refractivity contribution in [2.45, 2.75) is 6.42 Å². The Labute approximate surface area is 92.8 Å². The van der Waals surface area contributed by atoms with Gasteiger partial charge < -0.3 is 15.2 Å². The van der Waals surface area contributed by atoms with Crippen LogP contribution in [0.2, 0.25) is 5.02 Å². The van der Waals surface area contributed by atoms with Gasteiger partial charge in [0.15, 0.2) is 11.5 Å². The number of hydrogen-bond acceptors (Lipinski definition) is 3. The van der Waals surface area contributed by atoms with Crippen LogP contribution in [0.1, 0.15) is 5.56 Å². The zero-order chi connectivity index (χ0) is 11.4. The zero-order valence-corrected chi connectivity index (χ0v) is 9.36. The van der Waals surface area contributed by atoms with E-state index in [2.05, 4.69) is 5.32 Å². The van der Waals surface area contributed by atoms with Gasteiger partial charge >= 0.3 is 0 Å². The molecule has 2 N–H and O–H groups in total. The van der Waals surface area contributed by atoms with Crippen molar-refractivity contribution in [2.24, 2.45) is 0 Å². The van der Waals surface area contributed by atoms with E-state index in [-0.39, 0.29) is 22.1 Å². The average Bonchev–Trinajstić information content (AvgIpc) is 2.23. The SMILES string of the molecule is CNCCc1c(O)c(OC)cc(Cl)c1F. The lowest BCUT2D eigenvalue weighted by molar-refractivity contribution is 0.367. The molecule has 0 amide bonds. The Balaban J connectivity index is 3.15. The first kappa shape index (κ1) is 12.1. The summed E-state index contributed by atoms with van der Waals surface area (Å²) in [5.74, 6) is -0.590. The van der Waals surface area contributed by atoms with E-state index in [9.17, 15) is 9.50 Å². The molecule has 0 bridgehead atoms. The van der Waals surface area contributed by atoms with E-state index in [1.54, 1.807) is 7.05 Å². The monoisotopic (exact) mass is 233 g/mol. The number of likely N-dealkylation sites (N-methyl/N-ethyl adjacent to an activating group) is 1. The molecule has 0 radical (unpaired) electrons. The number of methoxy groups -OCH3 is 1. The van der Waals surface area contributed by atoms with Crippen LogP contribution in [0, 0.1) is 5.82 Å². The molecule has 0 unspecified atom stereocenters. The number of phenols is 1. The normalized spacial score (nSPS) is 10.4. The summed E-state index contributed by atoms with van der Waals surface area (Å²) in [6, 6.07) is 1.26. The van der Waals surface area contributed by atoms with Crippen molar-refractivity contribution in [3.63, 3.8) is 0 Å². The lowest BCUT2D eigenvalue weighted by Gasteiger charge is -2.11. The van der Waals surface area contributed by atoms with Crippen LogP contribution in [-0.4, -0.2) is 25.8 Å². The van der Waals surface area contributed by atoms with Crippen LogP contribution in [0.5, 0.6) is 11.5 Å². The number of nitrogens with one attached hydrogen (secondary N) is 1. The Hall–Kier alpha value is -1.00. The van der Waals surface area contributed by atoms with Crippen molar-refractivity contribution in [3.05, 3.63) is 22.5 Å². The number of aromatic hydroxyl groups is 1. The molecule has 0 heterocycles. The molecular formula is C10H13ClFNO2. The first-order valence-electron chi connectivity index (χ1n) is 4.50. The summed E-state index contributed by atoms with van der Waals surface area (Å²) in [7, 11) is 3.14. The van der Waals surface area contributed by atoms with Gasteiger partial charge in [0.25, 0.3) is 0 Å². The van der Waals surface area contributed by atoms with Gasteiger partial charge in [0.2, 0.25) is 0 Å². The maximum Gasteiger partial charge on any atom is 0.164 e. The highest BCUT2D eigenvalue weighted by atomic mass is 35.5. The highest BCUT2D eigenvalue weighted by Gasteiger charge is 2.16. The molecule has 0 atom stereocenters. The van der Waals surface area contributed by atoms with Gasteiger partial charge in [0, 0.05) is 11.6 Å². The maximum absolute atomic E-state index is 13.5. The van der Waals surface area contributed by atoms with E-state index < -0.39 is 5.82 Å². The summed E-state index contributed by atoms with van der Waals surface area (Å²) in [5.41, 5.74) is 0.175. The lowest BCUT2D eigenvalue weighted by atomic mass is 10.1. The van der Waals surface area contributed by atoms with E-state index in [4.69, 9.17) is 16.3 Å². The van der Waals surface area contributed by atoms with Gasteiger partial charge in [-0.1, -0.05) is 11.6 Å². The van der Waals surface area contributed by atoms with Gasteiger partial charge in [-0.15, -0.1) is 0 Å². The van der Waals surface area contributed by atoms with Crippen LogP contribution >= 0.6 is 11.6 Å². The number of benzene rings is 1. The second-order valence-corrected chi connectivity index (χ2v) is 3.46. The van der Waals surface area contributed by atoms with E-state index in [0.717, 1.165) is 0 Å². The van der Waals surface area contributed by atoms with Gasteiger partial charge in [-0.25, -0.2) is 4.39 Å². The fraction of sp³-hybridized carbons (Fsp3) is 0.400. The minimum atomic E-state index is -0.592. The lowest BCUT2D eigenvalue weighted by Crippen LogP contribution is -2.11. The third-order valence-electron chi connectivity index (χ3n) is 2.10. The van der Waals surface area contributed by atoms with Crippen LogP contribution in [-0.2, 0) is 6.42 Å². The molecule has 3 nitrogen and oxygen atoms in total. The fourth-order valence-electron chi connectivity index (χ4n) is 1.28. The molecule has 1 aromatic carbocycles. The van der Waals surface area contributed by atoms with Crippen molar-refractivity contribution in [2.75, 3.05) is 20.7 Å². The van der Waals surface area contributed by atoms with Crippen molar-refractivity contribution >= 4 is 11.6 Å². The molecule has 15 heavy (non-hydrogen) atoms. The Bertz CT molecular complexity index is 358. The largest absolute Gasteiger partial charge is 0.504 e. The zero-order valence-electron chi connectivity index (χ0n) is 8.60. The van der Waals surface area contributed by atoms with Gasteiger partial charge in [-0.3, -0.25) is 0 Å². The number of rotatable bonds is 4. The molecule has 0 aliphatic heterocycles. The molecule has 5 heteroatoms. The van der Waals surface area contributed by atoms with Crippen molar-refractivity contribution in [1.29, 1.82) is 0 Å². The van der Waals surface area contributed by atoms with Crippen LogP contribution in [0.15, 0.2) is 6.07 Å². The highest BCUT2D eigenvalue weighted by molar-refractivity contribution is 6.31. The molecule has 0 aromatic heterocycles. The van der Waals surface area contributed by atoms with E-state index >= 15 is 0 Å². The van der Waals surface area contributed by atoms with Crippen molar-refractivity contribution < 1.29 is 14.2 Å². The molecule has 1 rings (SSSR count). The van der Waals surface area contributed by atoms with Gasteiger partial charge in [-0.2, -0.15) is 0 Å². The number of hydrogen-bond donors (Lipinski definition) is 2. The van der Waals surface area contributed by atoms with E-state index in [1.165, 1.54) is 13.2 Å². The fourth-order valence-corrected chi connectivity index (χ4v) is 1.49. The molecule has 0 aliphatic carbocycles. The molecule has 0 saturated carbocycles. The van der Waals surface area contributed by atoms with Crippen LogP contribution < -0.4 is 10.1 Å². The van der Waals surface area contributed by atoms with Crippen LogP contribution in [0.25, 0.3) is 0 Å². The summed E-state index contributed by atoms with van der Waals surface area (Å²) in [6.07, 6.45) is 0.352. The van der Waals surface area contributed by atoms with Gasteiger partial charge in [-0.05, 0) is 20.0 Å². The highest BCUT2D eigenvalue weighted by Crippen LogP contribution is 2.36. The summed E-state index contributed by atoms with van der Waals surface area (Å²) >= 11 is 5.66. The Kier molecular flexibility index (Phi) is 4.17. The predicted octanol–water partition coefficient (Wildman–Crippen LogP) is 1.96. The number of halogens is 2. The smallest absolute Gasteiger partial charge is 0.164 e. The maximum atomic E-state index is 13.5. The van der Waals surface area contributed by atoms with E-state index in [1.807, 2.05) is 0 Å². The van der Waals surface area contributed by atoms with Crippen molar-refractivity contribution in [1.82, 2.24) is 5.32 Å². The number of ether oxygens (including phenoxy) is 1. The summed E-state index contributed by atoms with van der Waals surface area (Å²) in [4.78, 5) is 0. The molecule has 84 valence electrons. The van der Waals surface area contributed by atoms with Crippen molar-refractivity contribution in [3.8, 4) is 11.5 Å². The molecule has 0 fully saturated rings. The molecule has 0 spiro atoms. The van der Waals surface area contributed by atoms with E-state index in [0.29, 0.717) is 13.0 Å². The van der Waals surface area contributed by atoms with Crippen LogP contribution in [0.4, 0.5) is 4.39 Å². The first-order valence-corrected chi connectivity index (χ1v) is 4.88. The summed E-state index contributed by atoms with van der Waals surface area (Å²) in [6.45, 7) is 0.550. The van der Waals surface area contributed by atoms with Gasteiger partial charge in [0.1, 0.15) is 5.82 Å². The molecule has 1 aromatic rings. The summed E-state index contributed by atoms with van der Waals surface area (Å²) in [5, 5.41) is 12.5. The molecular weight excluding hydrogens is 221 g/mol. The standard InChI is InChI=1S/C10H13ClFNO2/c1-13-4-3-6-9(12)7(11)5-8(15-2)10(6)14/h5,13-14H,3-4H2,1-2H3. The second-order valence-electron chi connectivity index (χ2n) is 3.06. The third kappa shape index (κ3) is 2.52. The quantitative estimate of drug-likeness (QED) is 0.835. The Morgan fingerprint density at radius 3 is 2.80 bits per heavy atom. The third-order valence-corrected chi connectivity index (χ3v) is 2.37. The van der Waals surface area contributed by atoms with Gasteiger partial charge in [0.05, 0.1) is 12.1 Å². The predicted molar refractivity (Wildman–Crippen MR) is 57.3 cm³/mol. The Morgan fingerprint density at radius 2 is 2.27 bits per heavy atom. The molecule has 0 aliphatic rings. The average molecular weight is 234 g/mol. The summed E-state index contributed by atoms with van der Waals surface area (Å²) < 4.78 is 18.4. The number of phenolic OH excluding ortho intramolecular Hbond substituents is 1. The minimum absolute atomic E-state index is 0.0456. The molecule has 0 saturated heterocycles.